The highest BCUT2D eigenvalue weighted by Gasteiger charge is 2.49. The number of benzene rings is 1. The van der Waals surface area contributed by atoms with Crippen molar-refractivity contribution in [2.75, 3.05) is 111 Å². The predicted molar refractivity (Wildman–Crippen MR) is 246 cm³/mol. The van der Waals surface area contributed by atoms with Crippen LogP contribution in [0.4, 0.5) is 10.6 Å². The van der Waals surface area contributed by atoms with Gasteiger partial charge in [-0.15, -0.1) is 11.8 Å². The first-order chi connectivity index (χ1) is 32.5. The first-order valence-corrected chi connectivity index (χ1v) is 23.5. The fraction of sp³-hybridized carbons (Fsp3) is 0.580. The van der Waals surface area contributed by atoms with Crippen LogP contribution in [0.15, 0.2) is 66.9 Å². The number of nitrogens with one attached hydrogen (secondary N) is 2. The van der Waals surface area contributed by atoms with Gasteiger partial charge in [0.05, 0.1) is 77.8 Å². The molecule has 2 fully saturated rings. The Labute approximate surface area is 388 Å². The van der Waals surface area contributed by atoms with E-state index in [0.717, 1.165) is 36.9 Å². The zero-order valence-corrected chi connectivity index (χ0v) is 38.1. The van der Waals surface area contributed by atoms with E-state index in [1.165, 1.54) is 6.07 Å². The number of pyridine rings is 2. The normalized spacial score (nSPS) is 20.9. The Morgan fingerprint density at radius 3 is 2.08 bits per heavy atom. The van der Waals surface area contributed by atoms with Gasteiger partial charge < -0.3 is 48.9 Å². The van der Waals surface area contributed by atoms with Crippen molar-refractivity contribution in [3.8, 4) is 11.8 Å². The van der Waals surface area contributed by atoms with Crippen LogP contribution in [0.5, 0.6) is 0 Å². The van der Waals surface area contributed by atoms with Crippen molar-refractivity contribution in [3.05, 3.63) is 89.4 Å². The van der Waals surface area contributed by atoms with Crippen molar-refractivity contribution in [3.63, 3.8) is 0 Å². The summed E-state index contributed by atoms with van der Waals surface area (Å²) in [6, 6.07) is 18.3. The Balaban J connectivity index is 0.887. The number of ketones is 1. The fourth-order valence-electron chi connectivity index (χ4n) is 8.45. The predicted octanol–water partition coefficient (Wildman–Crippen LogP) is 6.07. The molecule has 3 aliphatic rings. The zero-order valence-electron chi connectivity index (χ0n) is 38.1. The molecule has 1 aliphatic heterocycles. The Morgan fingerprint density at radius 1 is 0.758 bits per heavy atom. The third kappa shape index (κ3) is 17.7. The molecule has 16 heteroatoms. The molecule has 1 saturated heterocycles. The van der Waals surface area contributed by atoms with Crippen molar-refractivity contribution in [1.29, 1.82) is 0 Å². The number of carbonyl (C=O) groups is 3. The number of carboxylic acids is 1. The minimum Gasteiger partial charge on any atom is -0.477 e. The third-order valence-corrected chi connectivity index (χ3v) is 12.0. The second-order valence-corrected chi connectivity index (χ2v) is 16.6. The van der Waals surface area contributed by atoms with E-state index in [1.54, 1.807) is 18.3 Å². The van der Waals surface area contributed by atoms with Gasteiger partial charge >= 0.3 is 12.1 Å². The van der Waals surface area contributed by atoms with E-state index in [-0.39, 0.29) is 23.6 Å². The van der Waals surface area contributed by atoms with Gasteiger partial charge in [0.1, 0.15) is 5.82 Å². The smallest absolute Gasteiger partial charge is 0.407 e. The van der Waals surface area contributed by atoms with Gasteiger partial charge in [-0.2, -0.15) is 0 Å². The van der Waals surface area contributed by atoms with E-state index in [0.29, 0.717) is 160 Å². The molecule has 0 bridgehead atoms. The number of alkyl carbamates (subject to hydrolysis) is 1. The van der Waals surface area contributed by atoms with Crippen molar-refractivity contribution >= 4 is 23.7 Å². The van der Waals surface area contributed by atoms with E-state index < -0.39 is 12.1 Å². The van der Waals surface area contributed by atoms with Crippen LogP contribution in [0.3, 0.4) is 0 Å². The molecule has 1 aromatic carbocycles. The van der Waals surface area contributed by atoms with Crippen LogP contribution in [-0.4, -0.2) is 149 Å². The quantitative estimate of drug-likeness (QED) is 0.0714. The van der Waals surface area contributed by atoms with Crippen molar-refractivity contribution in [2.45, 2.75) is 63.5 Å². The third-order valence-electron chi connectivity index (χ3n) is 12.0. The van der Waals surface area contributed by atoms with Gasteiger partial charge in [-0.3, -0.25) is 14.7 Å². The standard InChI is InChI=1S/C50H67N5O11/c56-46(13-8-25-60-31-34-63-28-22-52-50(59)66-37-43-41-9-3-1-2-4-10-42(41)43)38-15-17-39(18-16-38)48(44-11-5-6-21-51-44)55-23-29-64-35-32-61-26-19-40(20-27-62-33-36-65-30-24-55)53-47-14-7-12-45(54-47)49(57)58/h5-7,11-12,14-18,21,40-43,48H,3-4,8-10,13,19-20,22-37H2,(H,52,59)(H,53,54)(H,57,58)/t41-,42+,43?,48?. The van der Waals surface area contributed by atoms with Gasteiger partial charge in [-0.1, -0.05) is 36.4 Å². The van der Waals surface area contributed by atoms with Crippen LogP contribution in [0.1, 0.15) is 89.5 Å². The van der Waals surface area contributed by atoms with Crippen molar-refractivity contribution in [2.24, 2.45) is 17.8 Å². The number of Topliss-reactive ketones (excluding diaryl/α,β-unsaturated/α-hetero) is 1. The lowest BCUT2D eigenvalue weighted by molar-refractivity contribution is 0.0128. The van der Waals surface area contributed by atoms with Crippen LogP contribution in [-0.2, 0) is 33.2 Å². The zero-order chi connectivity index (χ0) is 46.0. The summed E-state index contributed by atoms with van der Waals surface area (Å²) in [7, 11) is 0. The van der Waals surface area contributed by atoms with Gasteiger partial charge in [-0.25, -0.2) is 14.6 Å². The molecular formula is C50H67N5O11. The minimum atomic E-state index is -1.08. The first kappa shape index (κ1) is 50.4. The summed E-state index contributed by atoms with van der Waals surface area (Å²) in [5.41, 5.74) is 2.50. The highest BCUT2D eigenvalue weighted by molar-refractivity contribution is 5.96. The Kier molecular flexibility index (Phi) is 22.1. The number of ether oxygens (including phenoxy) is 7. The topological polar surface area (TPSA) is 189 Å². The number of nitrogens with zero attached hydrogens (tertiary/aromatic N) is 3. The molecule has 1 saturated carbocycles. The highest BCUT2D eigenvalue weighted by Crippen LogP contribution is 2.52. The largest absolute Gasteiger partial charge is 0.477 e. The van der Waals surface area contributed by atoms with Gasteiger partial charge in [-0.05, 0) is 79.7 Å². The summed E-state index contributed by atoms with van der Waals surface area (Å²) in [5, 5.41) is 15.4. The number of anilines is 1. The van der Waals surface area contributed by atoms with Crippen molar-refractivity contribution in [1.82, 2.24) is 20.2 Å². The average Bonchev–Trinajstić information content (AvgIpc) is 3.98. The van der Waals surface area contributed by atoms with Gasteiger partial charge in [0, 0.05) is 76.5 Å². The molecule has 4 atom stereocenters. The van der Waals surface area contributed by atoms with E-state index in [1.807, 2.05) is 42.5 Å². The lowest BCUT2D eigenvalue weighted by Crippen LogP contribution is -2.36. The van der Waals surface area contributed by atoms with Crippen molar-refractivity contribution < 1.29 is 52.6 Å². The lowest BCUT2D eigenvalue weighted by atomic mass is 9.98. The number of fused-ring (bicyclic) bond motifs is 1. The fourth-order valence-corrected chi connectivity index (χ4v) is 8.45. The monoisotopic (exact) mass is 913 g/mol. The van der Waals surface area contributed by atoms with Crippen LogP contribution >= 0.6 is 0 Å². The molecule has 66 heavy (non-hydrogen) atoms. The first-order valence-electron chi connectivity index (χ1n) is 23.5. The number of carboxylic acid groups (broad SMARTS) is 1. The molecule has 3 heterocycles. The van der Waals surface area contributed by atoms with Crippen LogP contribution in [0.2, 0.25) is 0 Å². The van der Waals surface area contributed by atoms with E-state index in [2.05, 4.69) is 32.4 Å². The number of aromatic carboxylic acids is 1. The van der Waals surface area contributed by atoms with Gasteiger partial charge in [0.2, 0.25) is 0 Å². The molecule has 3 aromatic rings. The van der Waals surface area contributed by atoms with E-state index in [9.17, 15) is 19.5 Å². The summed E-state index contributed by atoms with van der Waals surface area (Å²) in [6.07, 6.45) is 7.78. The maximum Gasteiger partial charge on any atom is 0.407 e. The SMILES string of the molecule is O=C(NCCOCCOCCCC(=O)c1ccc(C(c2ccccn2)N2CCOCCOCCC(Nc3cccc(C(=O)O)n3)CCOCCOCC2)cc1)OCC1[C@H]2CCC#CCC[C@@H]12. The number of hydrogen-bond donors (Lipinski definition) is 3. The summed E-state index contributed by atoms with van der Waals surface area (Å²) in [5.74, 6) is 7.64. The maximum atomic E-state index is 13.2. The number of rotatable bonds is 19. The Morgan fingerprint density at radius 2 is 1.42 bits per heavy atom. The number of carbonyl (C=O) groups excluding carboxylic acids is 2. The number of hydrogen-bond acceptors (Lipinski definition) is 14. The molecule has 358 valence electrons. The molecule has 2 unspecified atom stereocenters. The Bertz CT molecular complexity index is 1930. The molecule has 1 amide bonds. The second kappa shape index (κ2) is 28.9. The van der Waals surface area contributed by atoms with Gasteiger partial charge in [0.15, 0.2) is 11.5 Å². The van der Waals surface area contributed by atoms with Crippen LogP contribution < -0.4 is 10.6 Å². The second-order valence-electron chi connectivity index (χ2n) is 16.6. The lowest BCUT2D eigenvalue weighted by Gasteiger charge is -2.32. The summed E-state index contributed by atoms with van der Waals surface area (Å²) in [6.45, 7) is 7.22. The number of amides is 1. The maximum absolute atomic E-state index is 13.2. The molecule has 0 radical (unpaired) electrons. The molecule has 2 aromatic heterocycles. The highest BCUT2D eigenvalue weighted by atomic mass is 16.6. The Hall–Kier alpha value is -4.99. The van der Waals surface area contributed by atoms with E-state index in [4.69, 9.17) is 38.1 Å². The molecule has 16 nitrogen and oxygen atoms in total. The summed E-state index contributed by atoms with van der Waals surface area (Å²) >= 11 is 0. The van der Waals surface area contributed by atoms with Crippen LogP contribution in [0.25, 0.3) is 0 Å². The molecular weight excluding hydrogens is 847 g/mol. The minimum absolute atomic E-state index is 0.0172. The molecule has 6 rings (SSSR count). The number of aromatic nitrogens is 2. The molecule has 0 spiro atoms. The van der Waals surface area contributed by atoms with Gasteiger partial charge in [0.25, 0.3) is 0 Å². The molecule has 3 N–H and O–H groups in total. The van der Waals surface area contributed by atoms with Crippen LogP contribution in [0, 0.1) is 29.6 Å². The summed E-state index contributed by atoms with van der Waals surface area (Å²) < 4.78 is 40.7. The molecule has 2 aliphatic carbocycles. The average molecular weight is 914 g/mol. The summed E-state index contributed by atoms with van der Waals surface area (Å²) in [4.78, 5) is 47.9. The van der Waals surface area contributed by atoms with E-state index >= 15 is 0 Å².